The summed E-state index contributed by atoms with van der Waals surface area (Å²) >= 11 is 0. The minimum absolute atomic E-state index is 0.208. The van der Waals surface area contributed by atoms with E-state index in [1.54, 1.807) is 12.1 Å². The Hall–Kier alpha value is -2.17. The van der Waals surface area contributed by atoms with E-state index >= 15 is 0 Å². The minimum atomic E-state index is -0.976. The van der Waals surface area contributed by atoms with E-state index < -0.39 is 5.97 Å². The Balaban J connectivity index is 2.68. The number of aryl methyl sites for hydroxylation is 2. The van der Waals surface area contributed by atoms with Crippen LogP contribution in [0.15, 0.2) is 24.5 Å². The maximum Gasteiger partial charge on any atom is 0.337 e. The first kappa shape index (κ1) is 10.4. The number of rotatable bonds is 2. The Morgan fingerprint density at radius 3 is 2.31 bits per heavy atom. The van der Waals surface area contributed by atoms with Crippen LogP contribution in [0.1, 0.15) is 21.5 Å². The van der Waals surface area contributed by atoms with Crippen LogP contribution in [-0.4, -0.2) is 26.1 Å². The highest BCUT2D eigenvalue weighted by Crippen LogP contribution is 2.18. The molecular formula is C11H11N3O2. The Kier molecular flexibility index (Phi) is 2.44. The standard InChI is InChI=1S/C11H11N3O2/c1-7-5-9(11(15)16)10(6-8(7)2)14-12-3-4-13-14/h3-6H,1-2H3,(H,15,16). The van der Waals surface area contributed by atoms with Crippen molar-refractivity contribution in [1.29, 1.82) is 0 Å². The Bertz CT molecular complexity index is 532. The number of carboxylic acids is 1. The first-order valence-electron chi connectivity index (χ1n) is 4.81. The van der Waals surface area contributed by atoms with Gasteiger partial charge in [0.05, 0.1) is 18.0 Å². The van der Waals surface area contributed by atoms with E-state index in [1.807, 2.05) is 13.8 Å². The summed E-state index contributed by atoms with van der Waals surface area (Å²) in [6.07, 6.45) is 3.03. The second-order valence-electron chi connectivity index (χ2n) is 3.58. The number of benzene rings is 1. The van der Waals surface area contributed by atoms with Gasteiger partial charge in [-0.3, -0.25) is 0 Å². The quantitative estimate of drug-likeness (QED) is 0.829. The van der Waals surface area contributed by atoms with Crippen LogP contribution in [0.4, 0.5) is 0 Å². The van der Waals surface area contributed by atoms with Gasteiger partial charge in [0.2, 0.25) is 0 Å². The summed E-state index contributed by atoms with van der Waals surface area (Å²) in [7, 11) is 0. The topological polar surface area (TPSA) is 68.0 Å². The monoisotopic (exact) mass is 217 g/mol. The van der Waals surface area contributed by atoms with Crippen molar-refractivity contribution in [2.75, 3.05) is 0 Å². The maximum atomic E-state index is 11.1. The lowest BCUT2D eigenvalue weighted by Crippen LogP contribution is -2.09. The fourth-order valence-corrected chi connectivity index (χ4v) is 1.48. The van der Waals surface area contributed by atoms with Crippen molar-refractivity contribution in [2.24, 2.45) is 0 Å². The van der Waals surface area contributed by atoms with Crippen LogP contribution in [0.3, 0.4) is 0 Å². The predicted octanol–water partition coefficient (Wildman–Crippen LogP) is 1.58. The van der Waals surface area contributed by atoms with Crippen molar-refractivity contribution < 1.29 is 9.90 Å². The third-order valence-electron chi connectivity index (χ3n) is 2.48. The van der Waals surface area contributed by atoms with E-state index in [9.17, 15) is 4.79 Å². The molecule has 5 nitrogen and oxygen atoms in total. The first-order chi connectivity index (χ1) is 7.59. The summed E-state index contributed by atoms with van der Waals surface area (Å²) in [5.41, 5.74) is 2.64. The van der Waals surface area contributed by atoms with Crippen molar-refractivity contribution in [2.45, 2.75) is 13.8 Å². The zero-order chi connectivity index (χ0) is 11.7. The van der Waals surface area contributed by atoms with Crippen LogP contribution < -0.4 is 0 Å². The molecule has 0 radical (unpaired) electrons. The van der Waals surface area contributed by atoms with Gasteiger partial charge < -0.3 is 5.11 Å². The van der Waals surface area contributed by atoms with Crippen LogP contribution in [0.2, 0.25) is 0 Å². The minimum Gasteiger partial charge on any atom is -0.478 e. The predicted molar refractivity (Wildman–Crippen MR) is 57.8 cm³/mol. The van der Waals surface area contributed by atoms with Crippen LogP contribution in [0.25, 0.3) is 5.69 Å². The van der Waals surface area contributed by atoms with Gasteiger partial charge in [0.25, 0.3) is 0 Å². The molecule has 0 atom stereocenters. The summed E-state index contributed by atoms with van der Waals surface area (Å²) in [6, 6.07) is 3.41. The van der Waals surface area contributed by atoms with Gasteiger partial charge in [0.15, 0.2) is 0 Å². The largest absolute Gasteiger partial charge is 0.478 e. The maximum absolute atomic E-state index is 11.1. The van der Waals surface area contributed by atoms with Gasteiger partial charge in [0.1, 0.15) is 5.69 Å². The molecule has 2 aromatic rings. The lowest BCUT2D eigenvalue weighted by atomic mass is 10.0. The molecule has 0 saturated heterocycles. The summed E-state index contributed by atoms with van der Waals surface area (Å²) in [6.45, 7) is 3.80. The van der Waals surface area contributed by atoms with E-state index in [2.05, 4.69) is 10.2 Å². The molecule has 0 amide bonds. The van der Waals surface area contributed by atoms with Gasteiger partial charge in [-0.1, -0.05) is 0 Å². The molecule has 1 aromatic heterocycles. The van der Waals surface area contributed by atoms with Crippen LogP contribution in [-0.2, 0) is 0 Å². The highest BCUT2D eigenvalue weighted by atomic mass is 16.4. The molecular weight excluding hydrogens is 206 g/mol. The molecule has 16 heavy (non-hydrogen) atoms. The normalized spacial score (nSPS) is 10.4. The van der Waals surface area contributed by atoms with E-state index in [4.69, 9.17) is 5.11 Å². The molecule has 5 heteroatoms. The highest BCUT2D eigenvalue weighted by molar-refractivity contribution is 5.92. The third kappa shape index (κ3) is 1.67. The fourth-order valence-electron chi connectivity index (χ4n) is 1.48. The van der Waals surface area contributed by atoms with E-state index in [0.29, 0.717) is 5.69 Å². The molecule has 1 N–H and O–H groups in total. The van der Waals surface area contributed by atoms with E-state index in [1.165, 1.54) is 17.2 Å². The number of aromatic carboxylic acids is 1. The molecule has 0 saturated carbocycles. The first-order valence-corrected chi connectivity index (χ1v) is 4.81. The Labute approximate surface area is 92.3 Å². The van der Waals surface area contributed by atoms with Gasteiger partial charge in [-0.2, -0.15) is 15.0 Å². The van der Waals surface area contributed by atoms with Gasteiger partial charge in [-0.15, -0.1) is 0 Å². The number of hydrogen-bond donors (Lipinski definition) is 1. The number of carboxylic acid groups (broad SMARTS) is 1. The molecule has 1 aromatic carbocycles. The zero-order valence-corrected chi connectivity index (χ0v) is 9.01. The molecule has 1 heterocycles. The lowest BCUT2D eigenvalue weighted by Gasteiger charge is -2.08. The number of carbonyl (C=O) groups is 1. The molecule has 0 aliphatic rings. The van der Waals surface area contributed by atoms with Crippen LogP contribution in [0.5, 0.6) is 0 Å². The van der Waals surface area contributed by atoms with Gasteiger partial charge in [-0.05, 0) is 37.1 Å². The fraction of sp³-hybridized carbons (Fsp3) is 0.182. The number of hydrogen-bond acceptors (Lipinski definition) is 3. The third-order valence-corrected chi connectivity index (χ3v) is 2.48. The molecule has 82 valence electrons. The molecule has 0 fully saturated rings. The summed E-state index contributed by atoms with van der Waals surface area (Å²) < 4.78 is 0. The Morgan fingerprint density at radius 1 is 1.19 bits per heavy atom. The van der Waals surface area contributed by atoms with E-state index in [-0.39, 0.29) is 5.56 Å². The number of nitrogens with zero attached hydrogens (tertiary/aromatic N) is 3. The van der Waals surface area contributed by atoms with Crippen molar-refractivity contribution >= 4 is 5.97 Å². The van der Waals surface area contributed by atoms with Crippen molar-refractivity contribution in [3.8, 4) is 5.69 Å². The second kappa shape index (κ2) is 3.77. The summed E-state index contributed by atoms with van der Waals surface area (Å²) in [5, 5.41) is 17.0. The van der Waals surface area contributed by atoms with Gasteiger partial charge in [0, 0.05) is 0 Å². The summed E-state index contributed by atoms with van der Waals surface area (Å²) in [4.78, 5) is 12.4. The van der Waals surface area contributed by atoms with Crippen molar-refractivity contribution in [3.63, 3.8) is 0 Å². The molecule has 2 rings (SSSR count). The van der Waals surface area contributed by atoms with E-state index in [0.717, 1.165) is 11.1 Å². The van der Waals surface area contributed by atoms with Gasteiger partial charge in [-0.25, -0.2) is 4.79 Å². The number of aromatic nitrogens is 3. The smallest absolute Gasteiger partial charge is 0.337 e. The highest BCUT2D eigenvalue weighted by Gasteiger charge is 2.14. The van der Waals surface area contributed by atoms with Crippen molar-refractivity contribution in [3.05, 3.63) is 41.2 Å². The van der Waals surface area contributed by atoms with Crippen LogP contribution >= 0.6 is 0 Å². The molecule has 0 unspecified atom stereocenters. The lowest BCUT2D eigenvalue weighted by molar-refractivity contribution is 0.0696. The van der Waals surface area contributed by atoms with Crippen molar-refractivity contribution in [1.82, 2.24) is 15.0 Å². The average molecular weight is 217 g/mol. The second-order valence-corrected chi connectivity index (χ2v) is 3.58. The average Bonchev–Trinajstić information content (AvgIpc) is 2.74. The zero-order valence-electron chi connectivity index (χ0n) is 9.01. The molecule has 0 aliphatic heterocycles. The summed E-state index contributed by atoms with van der Waals surface area (Å²) in [5.74, 6) is -0.976. The Morgan fingerprint density at radius 2 is 1.75 bits per heavy atom. The van der Waals surface area contributed by atoms with Crippen LogP contribution in [0, 0.1) is 13.8 Å². The SMILES string of the molecule is Cc1cc(C(=O)O)c(-n2nccn2)cc1C. The van der Waals surface area contributed by atoms with Gasteiger partial charge >= 0.3 is 5.97 Å². The molecule has 0 bridgehead atoms. The molecule has 0 aliphatic carbocycles. The molecule has 0 spiro atoms.